The first-order valence-corrected chi connectivity index (χ1v) is 7.78. The van der Waals surface area contributed by atoms with E-state index in [1.807, 2.05) is 13.0 Å². The standard InChI is InChI=1S/C18H19ClFNO2/c1-12-10-15(19)6-7-17(12)23-13(2)18(22)21-9-8-14-4-3-5-16(20)11-14/h3-7,10-11,13H,8-9H2,1-2H3,(H,21,22). The van der Waals surface area contributed by atoms with Crippen LogP contribution >= 0.6 is 11.6 Å². The zero-order valence-corrected chi connectivity index (χ0v) is 13.9. The molecule has 2 rings (SSSR count). The van der Waals surface area contributed by atoms with Gasteiger partial charge in [0, 0.05) is 11.6 Å². The van der Waals surface area contributed by atoms with Crippen LogP contribution in [0.5, 0.6) is 5.75 Å². The molecular formula is C18H19ClFNO2. The number of hydrogen-bond acceptors (Lipinski definition) is 2. The monoisotopic (exact) mass is 335 g/mol. The highest BCUT2D eigenvalue weighted by Crippen LogP contribution is 2.22. The fraction of sp³-hybridized carbons (Fsp3) is 0.278. The number of rotatable bonds is 6. The van der Waals surface area contributed by atoms with E-state index < -0.39 is 6.10 Å². The summed E-state index contributed by atoms with van der Waals surface area (Å²) in [5.41, 5.74) is 1.71. The molecule has 1 atom stereocenters. The van der Waals surface area contributed by atoms with Crippen LogP contribution in [0.4, 0.5) is 4.39 Å². The molecule has 3 nitrogen and oxygen atoms in total. The second kappa shape index (κ2) is 7.97. The van der Waals surface area contributed by atoms with E-state index in [-0.39, 0.29) is 11.7 Å². The van der Waals surface area contributed by atoms with Gasteiger partial charge in [-0.05, 0) is 61.7 Å². The molecule has 0 saturated heterocycles. The minimum Gasteiger partial charge on any atom is -0.481 e. The fourth-order valence-corrected chi connectivity index (χ4v) is 2.38. The number of hydrogen-bond donors (Lipinski definition) is 1. The van der Waals surface area contributed by atoms with Gasteiger partial charge < -0.3 is 10.1 Å². The van der Waals surface area contributed by atoms with Crippen LogP contribution in [-0.4, -0.2) is 18.6 Å². The van der Waals surface area contributed by atoms with Crippen molar-refractivity contribution in [3.63, 3.8) is 0 Å². The van der Waals surface area contributed by atoms with Gasteiger partial charge in [-0.25, -0.2) is 4.39 Å². The minimum atomic E-state index is -0.623. The SMILES string of the molecule is Cc1cc(Cl)ccc1OC(C)C(=O)NCCc1cccc(F)c1. The molecule has 0 spiro atoms. The molecule has 1 amide bonds. The van der Waals surface area contributed by atoms with E-state index in [1.54, 1.807) is 31.2 Å². The van der Waals surface area contributed by atoms with Crippen LogP contribution in [0, 0.1) is 12.7 Å². The summed E-state index contributed by atoms with van der Waals surface area (Å²) in [5.74, 6) is 0.140. The minimum absolute atomic E-state index is 0.212. The molecule has 0 radical (unpaired) electrons. The molecule has 0 aliphatic heterocycles. The van der Waals surface area contributed by atoms with Crippen LogP contribution < -0.4 is 10.1 Å². The molecule has 2 aromatic rings. The van der Waals surface area contributed by atoms with Gasteiger partial charge in [-0.3, -0.25) is 4.79 Å². The Morgan fingerprint density at radius 3 is 2.78 bits per heavy atom. The third-order valence-electron chi connectivity index (χ3n) is 3.41. The van der Waals surface area contributed by atoms with Crippen molar-refractivity contribution in [3.05, 3.63) is 64.4 Å². The average molecular weight is 336 g/mol. The zero-order chi connectivity index (χ0) is 16.8. The van der Waals surface area contributed by atoms with Crippen molar-refractivity contribution in [2.45, 2.75) is 26.4 Å². The van der Waals surface area contributed by atoms with E-state index in [0.29, 0.717) is 23.7 Å². The summed E-state index contributed by atoms with van der Waals surface area (Å²) >= 11 is 5.89. The number of amides is 1. The summed E-state index contributed by atoms with van der Waals surface area (Å²) in [6, 6.07) is 11.6. The second-order valence-corrected chi connectivity index (χ2v) is 5.78. The Morgan fingerprint density at radius 1 is 1.30 bits per heavy atom. The maximum atomic E-state index is 13.1. The molecular weight excluding hydrogens is 317 g/mol. The van der Waals surface area contributed by atoms with Crippen LogP contribution in [0.15, 0.2) is 42.5 Å². The molecule has 0 fully saturated rings. The molecule has 122 valence electrons. The highest BCUT2D eigenvalue weighted by atomic mass is 35.5. The van der Waals surface area contributed by atoms with E-state index in [0.717, 1.165) is 11.1 Å². The third kappa shape index (κ3) is 5.25. The van der Waals surface area contributed by atoms with E-state index >= 15 is 0 Å². The average Bonchev–Trinajstić information content (AvgIpc) is 2.50. The summed E-state index contributed by atoms with van der Waals surface area (Å²) in [6.45, 7) is 3.98. The van der Waals surface area contributed by atoms with Gasteiger partial charge in [0.1, 0.15) is 11.6 Å². The van der Waals surface area contributed by atoms with Gasteiger partial charge in [0.05, 0.1) is 0 Å². The molecule has 1 N–H and O–H groups in total. The van der Waals surface area contributed by atoms with Crippen molar-refractivity contribution in [1.82, 2.24) is 5.32 Å². The van der Waals surface area contributed by atoms with Crippen molar-refractivity contribution in [3.8, 4) is 5.75 Å². The van der Waals surface area contributed by atoms with Gasteiger partial charge in [-0.1, -0.05) is 23.7 Å². The number of halogens is 2. The van der Waals surface area contributed by atoms with Gasteiger partial charge in [0.15, 0.2) is 6.10 Å². The molecule has 0 saturated carbocycles. The number of carbonyl (C=O) groups excluding carboxylic acids is 1. The quantitative estimate of drug-likeness (QED) is 0.869. The molecule has 5 heteroatoms. The third-order valence-corrected chi connectivity index (χ3v) is 3.65. The lowest BCUT2D eigenvalue weighted by atomic mass is 10.1. The van der Waals surface area contributed by atoms with Gasteiger partial charge >= 0.3 is 0 Å². The highest BCUT2D eigenvalue weighted by Gasteiger charge is 2.15. The van der Waals surface area contributed by atoms with Gasteiger partial charge in [-0.15, -0.1) is 0 Å². The summed E-state index contributed by atoms with van der Waals surface area (Å²) in [7, 11) is 0. The largest absolute Gasteiger partial charge is 0.481 e. The highest BCUT2D eigenvalue weighted by molar-refractivity contribution is 6.30. The van der Waals surface area contributed by atoms with Crippen LogP contribution in [-0.2, 0) is 11.2 Å². The number of carbonyl (C=O) groups is 1. The Kier molecular flexibility index (Phi) is 5.99. The molecule has 0 aromatic heterocycles. The zero-order valence-electron chi connectivity index (χ0n) is 13.1. The van der Waals surface area contributed by atoms with Crippen LogP contribution in [0.25, 0.3) is 0 Å². The summed E-state index contributed by atoms with van der Waals surface area (Å²) in [6.07, 6.45) is -0.0571. The van der Waals surface area contributed by atoms with Gasteiger partial charge in [-0.2, -0.15) is 0 Å². The van der Waals surface area contributed by atoms with Gasteiger partial charge in [0.2, 0.25) is 0 Å². The second-order valence-electron chi connectivity index (χ2n) is 5.34. The molecule has 23 heavy (non-hydrogen) atoms. The Labute approximate surface area is 140 Å². The maximum absolute atomic E-state index is 13.1. The summed E-state index contributed by atoms with van der Waals surface area (Å²) < 4.78 is 18.7. The van der Waals surface area contributed by atoms with E-state index in [4.69, 9.17) is 16.3 Å². The van der Waals surface area contributed by atoms with E-state index in [2.05, 4.69) is 5.32 Å². The maximum Gasteiger partial charge on any atom is 0.260 e. The summed E-state index contributed by atoms with van der Waals surface area (Å²) in [5, 5.41) is 3.42. The Bertz CT molecular complexity index is 690. The number of ether oxygens (including phenoxy) is 1. The van der Waals surface area contributed by atoms with Crippen LogP contribution in [0.1, 0.15) is 18.1 Å². The lowest BCUT2D eigenvalue weighted by molar-refractivity contribution is -0.127. The lowest BCUT2D eigenvalue weighted by Gasteiger charge is -2.16. The number of nitrogens with one attached hydrogen (secondary N) is 1. The molecule has 0 aliphatic carbocycles. The van der Waals surface area contributed by atoms with Crippen molar-refractivity contribution >= 4 is 17.5 Å². The van der Waals surface area contributed by atoms with Crippen LogP contribution in [0.3, 0.4) is 0 Å². The number of aryl methyl sites for hydroxylation is 1. The molecule has 0 heterocycles. The molecule has 0 bridgehead atoms. The predicted octanol–water partition coefficient (Wildman–Crippen LogP) is 3.91. The first kappa shape index (κ1) is 17.3. The van der Waals surface area contributed by atoms with Crippen molar-refractivity contribution < 1.29 is 13.9 Å². The fourth-order valence-electron chi connectivity index (χ4n) is 2.16. The predicted molar refractivity (Wildman–Crippen MR) is 89.4 cm³/mol. The Balaban J connectivity index is 1.83. The molecule has 1 unspecified atom stereocenters. The first-order valence-electron chi connectivity index (χ1n) is 7.40. The summed E-state index contributed by atoms with van der Waals surface area (Å²) in [4.78, 5) is 12.0. The molecule has 0 aliphatic rings. The Morgan fingerprint density at radius 2 is 2.09 bits per heavy atom. The normalized spacial score (nSPS) is 11.8. The smallest absolute Gasteiger partial charge is 0.260 e. The lowest BCUT2D eigenvalue weighted by Crippen LogP contribution is -2.37. The van der Waals surface area contributed by atoms with E-state index in [1.165, 1.54) is 12.1 Å². The number of benzene rings is 2. The van der Waals surface area contributed by atoms with Crippen molar-refractivity contribution in [2.75, 3.05) is 6.54 Å². The van der Waals surface area contributed by atoms with Crippen LogP contribution in [0.2, 0.25) is 5.02 Å². The van der Waals surface area contributed by atoms with E-state index in [9.17, 15) is 9.18 Å². The van der Waals surface area contributed by atoms with Gasteiger partial charge in [0.25, 0.3) is 5.91 Å². The first-order chi connectivity index (χ1) is 11.0. The van der Waals surface area contributed by atoms with Crippen molar-refractivity contribution in [1.29, 1.82) is 0 Å². The Hall–Kier alpha value is -2.07. The van der Waals surface area contributed by atoms with Crippen molar-refractivity contribution in [2.24, 2.45) is 0 Å². The topological polar surface area (TPSA) is 38.3 Å². The molecule has 2 aromatic carbocycles.